The molecule has 0 aliphatic heterocycles. The molecule has 1 atom stereocenters. The van der Waals surface area contributed by atoms with Crippen LogP contribution in [0.2, 0.25) is 10.0 Å². The summed E-state index contributed by atoms with van der Waals surface area (Å²) >= 11 is 12.7. The van der Waals surface area contributed by atoms with Crippen LogP contribution in [0.15, 0.2) is 60.8 Å². The maximum Gasteiger partial charge on any atom is 0.326 e. The predicted octanol–water partition coefficient (Wildman–Crippen LogP) is 6.05. The van der Waals surface area contributed by atoms with Gasteiger partial charge in [0, 0.05) is 23.6 Å². The summed E-state index contributed by atoms with van der Waals surface area (Å²) in [6.07, 6.45) is 1.16. The van der Waals surface area contributed by atoms with Gasteiger partial charge in [-0.15, -0.1) is 0 Å². The number of carbonyl (C=O) groups excluding carboxylic acids is 1. The third-order valence-corrected chi connectivity index (χ3v) is 5.99. The summed E-state index contributed by atoms with van der Waals surface area (Å²) in [4.78, 5) is 28.7. The molecule has 2 N–H and O–H groups in total. The number of hydrogen-bond acceptors (Lipinski definition) is 3. The Morgan fingerprint density at radius 1 is 0.943 bits per heavy atom. The van der Waals surface area contributed by atoms with Crippen LogP contribution in [0.1, 0.15) is 15.9 Å². The molecule has 1 heterocycles. The topological polar surface area (TPSA) is 79.3 Å². The van der Waals surface area contributed by atoms with Gasteiger partial charge in [0.05, 0.1) is 15.6 Å². The van der Waals surface area contributed by atoms with E-state index in [4.69, 9.17) is 23.2 Å². The molecule has 0 fully saturated rings. The Labute approximate surface area is 207 Å². The molecule has 0 radical (unpaired) electrons. The molecule has 0 bridgehead atoms. The summed E-state index contributed by atoms with van der Waals surface area (Å²) < 4.78 is 41.5. The zero-order valence-corrected chi connectivity index (χ0v) is 19.2. The number of benzene rings is 3. The van der Waals surface area contributed by atoms with Crippen LogP contribution < -0.4 is 5.32 Å². The molecular weight excluding hydrogens is 504 g/mol. The molecule has 3 aromatic carbocycles. The van der Waals surface area contributed by atoms with Gasteiger partial charge in [0.15, 0.2) is 0 Å². The first-order valence-corrected chi connectivity index (χ1v) is 10.9. The van der Waals surface area contributed by atoms with Crippen molar-refractivity contribution in [3.05, 3.63) is 99.4 Å². The second-order valence-electron chi connectivity index (χ2n) is 7.58. The minimum absolute atomic E-state index is 0.140. The average Bonchev–Trinajstić information content (AvgIpc) is 2.79. The van der Waals surface area contributed by atoms with Gasteiger partial charge in [-0.1, -0.05) is 41.4 Å². The highest BCUT2D eigenvalue weighted by Gasteiger charge is 2.26. The Balaban J connectivity index is 1.75. The van der Waals surface area contributed by atoms with E-state index in [1.165, 1.54) is 24.4 Å². The van der Waals surface area contributed by atoms with Gasteiger partial charge >= 0.3 is 5.97 Å². The van der Waals surface area contributed by atoms with E-state index >= 15 is 0 Å². The van der Waals surface area contributed by atoms with Crippen LogP contribution >= 0.6 is 23.2 Å². The standard InChI is InChI=1S/C25H15Cl2F3N2O3/c26-16-8-9-31-23-12(4-6-15(21(16)23)14-7-5-13(28)11-17(14)27)10-20(25(34)35)32-24(33)22-18(29)2-1-3-19(22)30/h1-9,11,20H,10H2,(H,32,33)(H,34,35)/t20-/m0/s1. The van der Waals surface area contributed by atoms with Crippen LogP contribution in [0.5, 0.6) is 0 Å². The van der Waals surface area contributed by atoms with Crippen molar-refractivity contribution in [2.75, 3.05) is 0 Å². The highest BCUT2D eigenvalue weighted by Crippen LogP contribution is 2.38. The third-order valence-electron chi connectivity index (χ3n) is 5.36. The van der Waals surface area contributed by atoms with Gasteiger partial charge < -0.3 is 10.4 Å². The molecule has 5 nitrogen and oxygen atoms in total. The summed E-state index contributed by atoms with van der Waals surface area (Å²) in [7, 11) is 0. The van der Waals surface area contributed by atoms with E-state index < -0.39 is 40.9 Å². The Morgan fingerprint density at radius 2 is 1.63 bits per heavy atom. The van der Waals surface area contributed by atoms with Crippen LogP contribution in [0.25, 0.3) is 22.0 Å². The van der Waals surface area contributed by atoms with Crippen molar-refractivity contribution in [2.45, 2.75) is 12.5 Å². The quantitative estimate of drug-likeness (QED) is 0.325. The molecule has 35 heavy (non-hydrogen) atoms. The number of carboxylic acid groups (broad SMARTS) is 1. The summed E-state index contributed by atoms with van der Waals surface area (Å²) in [5.74, 6) is -5.39. The van der Waals surface area contributed by atoms with Gasteiger partial charge in [-0.05, 0) is 47.5 Å². The first-order valence-electron chi connectivity index (χ1n) is 10.2. The minimum Gasteiger partial charge on any atom is -0.480 e. The fourth-order valence-corrected chi connectivity index (χ4v) is 4.26. The van der Waals surface area contributed by atoms with Gasteiger partial charge in [-0.2, -0.15) is 0 Å². The van der Waals surface area contributed by atoms with Gasteiger partial charge in [-0.3, -0.25) is 9.78 Å². The van der Waals surface area contributed by atoms with Crippen LogP contribution in [0, 0.1) is 17.5 Å². The van der Waals surface area contributed by atoms with Gasteiger partial charge in [0.1, 0.15) is 29.1 Å². The highest BCUT2D eigenvalue weighted by molar-refractivity contribution is 6.37. The number of nitrogens with zero attached hydrogens (tertiary/aromatic N) is 1. The van der Waals surface area contributed by atoms with Crippen LogP contribution in [0.4, 0.5) is 13.2 Å². The lowest BCUT2D eigenvalue weighted by atomic mass is 9.95. The van der Waals surface area contributed by atoms with Gasteiger partial charge in [0.2, 0.25) is 0 Å². The number of halogens is 5. The lowest BCUT2D eigenvalue weighted by Crippen LogP contribution is -2.43. The zero-order chi connectivity index (χ0) is 25.3. The fraction of sp³-hybridized carbons (Fsp3) is 0.0800. The maximum atomic E-state index is 14.0. The minimum atomic E-state index is -1.54. The second kappa shape index (κ2) is 9.93. The smallest absolute Gasteiger partial charge is 0.326 e. The summed E-state index contributed by atoms with van der Waals surface area (Å²) in [6, 6.07) is 9.96. The Hall–Kier alpha value is -3.62. The molecule has 4 aromatic rings. The lowest BCUT2D eigenvalue weighted by Gasteiger charge is -2.18. The number of carboxylic acids is 1. The first-order chi connectivity index (χ1) is 16.7. The normalized spacial score (nSPS) is 11.9. The number of aliphatic carboxylic acids is 1. The maximum absolute atomic E-state index is 14.0. The van der Waals surface area contributed by atoms with Gasteiger partial charge in [0.25, 0.3) is 5.91 Å². The molecule has 1 amide bonds. The monoisotopic (exact) mass is 518 g/mol. The molecule has 178 valence electrons. The lowest BCUT2D eigenvalue weighted by molar-refractivity contribution is -0.139. The molecule has 0 saturated carbocycles. The number of fused-ring (bicyclic) bond motifs is 1. The number of pyridine rings is 1. The summed E-state index contributed by atoms with van der Waals surface area (Å²) in [5.41, 5.74) is 0.860. The SMILES string of the molecule is O=C(N[C@@H](Cc1ccc(-c2ccc(F)cc2Cl)c2c(Cl)ccnc12)C(=O)O)c1c(F)cccc1F. The van der Waals surface area contributed by atoms with Crippen molar-refractivity contribution in [2.24, 2.45) is 0 Å². The number of rotatable bonds is 6. The first kappa shape index (κ1) is 24.5. The zero-order valence-electron chi connectivity index (χ0n) is 17.7. The van der Waals surface area contributed by atoms with E-state index in [2.05, 4.69) is 10.3 Å². The van der Waals surface area contributed by atoms with E-state index in [1.807, 2.05) is 0 Å². The summed E-state index contributed by atoms with van der Waals surface area (Å²) in [5, 5.41) is 12.7. The van der Waals surface area contributed by atoms with E-state index in [1.54, 1.807) is 12.1 Å². The molecule has 0 aliphatic carbocycles. The predicted molar refractivity (Wildman–Crippen MR) is 126 cm³/mol. The van der Waals surface area contributed by atoms with Crippen molar-refractivity contribution >= 4 is 46.0 Å². The molecule has 1 aromatic heterocycles. The number of hydrogen-bond donors (Lipinski definition) is 2. The van der Waals surface area contributed by atoms with Crippen molar-refractivity contribution in [1.29, 1.82) is 0 Å². The van der Waals surface area contributed by atoms with E-state index in [0.717, 1.165) is 24.3 Å². The molecule has 0 spiro atoms. The summed E-state index contributed by atoms with van der Waals surface area (Å²) in [6.45, 7) is 0. The molecule has 0 unspecified atom stereocenters. The Bertz CT molecular complexity index is 1460. The van der Waals surface area contributed by atoms with E-state index in [-0.39, 0.29) is 16.5 Å². The number of aromatic nitrogens is 1. The molecular formula is C25H15Cl2F3N2O3. The van der Waals surface area contributed by atoms with Crippen molar-refractivity contribution in [3.8, 4) is 11.1 Å². The van der Waals surface area contributed by atoms with Crippen molar-refractivity contribution in [1.82, 2.24) is 10.3 Å². The van der Waals surface area contributed by atoms with Crippen LogP contribution in [-0.2, 0) is 11.2 Å². The number of nitrogens with one attached hydrogen (secondary N) is 1. The van der Waals surface area contributed by atoms with E-state index in [0.29, 0.717) is 27.6 Å². The third kappa shape index (κ3) is 4.94. The molecule has 0 aliphatic rings. The van der Waals surface area contributed by atoms with E-state index in [9.17, 15) is 27.9 Å². The molecule has 0 saturated heterocycles. The van der Waals surface area contributed by atoms with Crippen molar-refractivity contribution in [3.63, 3.8) is 0 Å². The fourth-order valence-electron chi connectivity index (χ4n) is 3.75. The highest BCUT2D eigenvalue weighted by atomic mass is 35.5. The largest absolute Gasteiger partial charge is 0.480 e. The Kier molecular flexibility index (Phi) is 6.95. The van der Waals surface area contributed by atoms with Crippen molar-refractivity contribution < 1.29 is 27.9 Å². The molecule has 4 rings (SSSR count). The molecule has 10 heteroatoms. The Morgan fingerprint density at radius 3 is 2.29 bits per heavy atom. The van der Waals surface area contributed by atoms with Crippen LogP contribution in [-0.4, -0.2) is 28.0 Å². The average molecular weight is 519 g/mol. The number of carbonyl (C=O) groups is 2. The van der Waals surface area contributed by atoms with Gasteiger partial charge in [-0.25, -0.2) is 18.0 Å². The number of amides is 1. The second-order valence-corrected chi connectivity index (χ2v) is 8.39. The van der Waals surface area contributed by atoms with Crippen LogP contribution in [0.3, 0.4) is 0 Å².